The first-order valence-corrected chi connectivity index (χ1v) is 8.59. The second-order valence-electron chi connectivity index (χ2n) is 5.21. The highest BCUT2D eigenvalue weighted by atomic mass is 127. The number of nitrogens with zero attached hydrogens (tertiary/aromatic N) is 1. The number of aliphatic imine (C=N–C) groups is 1. The summed E-state index contributed by atoms with van der Waals surface area (Å²) in [6.07, 6.45) is 2.52. The molecule has 0 saturated carbocycles. The molecule has 0 aliphatic carbocycles. The Labute approximate surface area is 176 Å². The Morgan fingerprint density at radius 2 is 1.88 bits per heavy atom. The molecule has 0 spiro atoms. The summed E-state index contributed by atoms with van der Waals surface area (Å²) in [6.45, 7) is 3.12. The predicted molar refractivity (Wildman–Crippen MR) is 115 cm³/mol. The molecular formula is C18H25ClIN3O3. The molecule has 1 aromatic carbocycles. The van der Waals surface area contributed by atoms with Crippen molar-refractivity contribution in [3.8, 4) is 5.75 Å². The van der Waals surface area contributed by atoms with E-state index in [4.69, 9.17) is 25.5 Å². The van der Waals surface area contributed by atoms with Gasteiger partial charge in [0.2, 0.25) is 0 Å². The van der Waals surface area contributed by atoms with Crippen LogP contribution in [0.4, 0.5) is 0 Å². The van der Waals surface area contributed by atoms with Crippen LogP contribution in [0.5, 0.6) is 5.75 Å². The van der Waals surface area contributed by atoms with Gasteiger partial charge in [-0.15, -0.1) is 24.0 Å². The van der Waals surface area contributed by atoms with Gasteiger partial charge in [-0.05, 0) is 42.8 Å². The maximum Gasteiger partial charge on any atom is 0.191 e. The monoisotopic (exact) mass is 493 g/mol. The average Bonchev–Trinajstić information content (AvgIpc) is 3.14. The number of hydrogen-bond donors (Lipinski definition) is 2. The van der Waals surface area contributed by atoms with E-state index in [-0.39, 0.29) is 24.0 Å². The molecule has 0 unspecified atom stereocenters. The summed E-state index contributed by atoms with van der Waals surface area (Å²) in [5.74, 6) is 2.37. The highest BCUT2D eigenvalue weighted by Crippen LogP contribution is 2.15. The minimum Gasteiger partial charge on any atom is -0.492 e. The summed E-state index contributed by atoms with van der Waals surface area (Å²) < 4.78 is 16.3. The molecule has 0 bridgehead atoms. The van der Waals surface area contributed by atoms with Crippen molar-refractivity contribution in [2.75, 3.05) is 33.4 Å². The molecule has 2 N–H and O–H groups in total. The van der Waals surface area contributed by atoms with Gasteiger partial charge in [0, 0.05) is 25.2 Å². The first kappa shape index (κ1) is 22.6. The van der Waals surface area contributed by atoms with Crippen molar-refractivity contribution in [1.29, 1.82) is 0 Å². The van der Waals surface area contributed by atoms with Crippen LogP contribution in [0.15, 0.2) is 52.1 Å². The zero-order chi connectivity index (χ0) is 17.7. The Kier molecular flexibility index (Phi) is 11.9. The van der Waals surface area contributed by atoms with Crippen LogP contribution in [0.2, 0.25) is 5.02 Å². The van der Waals surface area contributed by atoms with Gasteiger partial charge in [-0.25, -0.2) is 0 Å². The number of halogens is 2. The van der Waals surface area contributed by atoms with Crippen LogP contribution in [0.1, 0.15) is 12.2 Å². The molecule has 2 rings (SSSR count). The lowest BCUT2D eigenvalue weighted by molar-refractivity contribution is 0.105. The minimum absolute atomic E-state index is 0. The molecule has 0 aliphatic rings. The van der Waals surface area contributed by atoms with Crippen molar-refractivity contribution >= 4 is 41.5 Å². The Morgan fingerprint density at radius 3 is 2.58 bits per heavy atom. The third kappa shape index (κ3) is 9.30. The molecule has 1 aromatic heterocycles. The Morgan fingerprint density at radius 1 is 1.12 bits per heavy atom. The second-order valence-corrected chi connectivity index (χ2v) is 5.65. The first-order valence-electron chi connectivity index (χ1n) is 8.21. The summed E-state index contributed by atoms with van der Waals surface area (Å²) >= 11 is 5.83. The van der Waals surface area contributed by atoms with Gasteiger partial charge in [0.05, 0.1) is 12.8 Å². The molecule has 0 radical (unpaired) electrons. The number of furan rings is 1. The first-order chi connectivity index (χ1) is 12.3. The van der Waals surface area contributed by atoms with Crippen molar-refractivity contribution in [3.63, 3.8) is 0 Å². The van der Waals surface area contributed by atoms with E-state index in [0.717, 1.165) is 30.4 Å². The predicted octanol–water partition coefficient (Wildman–Crippen LogP) is 3.70. The fourth-order valence-corrected chi connectivity index (χ4v) is 2.16. The van der Waals surface area contributed by atoms with E-state index >= 15 is 0 Å². The molecule has 0 aliphatic heterocycles. The van der Waals surface area contributed by atoms with Gasteiger partial charge in [0.25, 0.3) is 0 Å². The van der Waals surface area contributed by atoms with Gasteiger partial charge in [-0.1, -0.05) is 11.6 Å². The molecule has 6 nitrogen and oxygen atoms in total. The number of nitrogens with one attached hydrogen (secondary N) is 2. The van der Waals surface area contributed by atoms with Gasteiger partial charge in [-0.3, -0.25) is 4.99 Å². The summed E-state index contributed by atoms with van der Waals surface area (Å²) in [5, 5.41) is 7.13. The number of rotatable bonds is 10. The van der Waals surface area contributed by atoms with Crippen molar-refractivity contribution in [2.24, 2.45) is 4.99 Å². The van der Waals surface area contributed by atoms with Crippen LogP contribution in [0, 0.1) is 0 Å². The fourth-order valence-electron chi connectivity index (χ4n) is 2.04. The standard InChI is InChI=1S/C18H24ClN3O3.HI/c1-20-18(21-9-3-11-23-14-17-4-2-12-24-17)22-10-13-25-16-7-5-15(19)6-8-16;/h2,4-8,12H,3,9-11,13-14H2,1H3,(H2,20,21,22);1H. The van der Waals surface area contributed by atoms with Crippen molar-refractivity contribution in [3.05, 3.63) is 53.4 Å². The Balaban J connectivity index is 0.00000338. The van der Waals surface area contributed by atoms with E-state index in [1.165, 1.54) is 0 Å². The zero-order valence-electron chi connectivity index (χ0n) is 14.7. The van der Waals surface area contributed by atoms with E-state index < -0.39 is 0 Å². The largest absolute Gasteiger partial charge is 0.492 e. The highest BCUT2D eigenvalue weighted by molar-refractivity contribution is 14.0. The van der Waals surface area contributed by atoms with Crippen LogP contribution >= 0.6 is 35.6 Å². The van der Waals surface area contributed by atoms with E-state index in [1.54, 1.807) is 25.4 Å². The van der Waals surface area contributed by atoms with E-state index in [0.29, 0.717) is 31.4 Å². The maximum atomic E-state index is 5.83. The fraction of sp³-hybridized carbons (Fsp3) is 0.389. The van der Waals surface area contributed by atoms with E-state index in [1.807, 2.05) is 24.3 Å². The smallest absolute Gasteiger partial charge is 0.191 e. The van der Waals surface area contributed by atoms with Gasteiger partial charge < -0.3 is 24.5 Å². The van der Waals surface area contributed by atoms with E-state index in [2.05, 4.69) is 15.6 Å². The lowest BCUT2D eigenvalue weighted by atomic mass is 10.3. The number of ether oxygens (including phenoxy) is 2. The van der Waals surface area contributed by atoms with Crippen molar-refractivity contribution in [2.45, 2.75) is 13.0 Å². The van der Waals surface area contributed by atoms with Crippen molar-refractivity contribution < 1.29 is 13.9 Å². The zero-order valence-corrected chi connectivity index (χ0v) is 17.8. The normalized spacial score (nSPS) is 10.9. The SMILES string of the molecule is CN=C(NCCCOCc1ccco1)NCCOc1ccc(Cl)cc1.I. The van der Waals surface area contributed by atoms with Crippen molar-refractivity contribution in [1.82, 2.24) is 10.6 Å². The average molecular weight is 494 g/mol. The molecule has 0 atom stereocenters. The number of benzene rings is 1. The number of hydrogen-bond acceptors (Lipinski definition) is 4. The van der Waals surface area contributed by atoms with Gasteiger partial charge in [0.15, 0.2) is 5.96 Å². The molecule has 8 heteroatoms. The highest BCUT2D eigenvalue weighted by Gasteiger charge is 1.99. The van der Waals surface area contributed by atoms with E-state index in [9.17, 15) is 0 Å². The third-order valence-electron chi connectivity index (χ3n) is 3.28. The van der Waals surface area contributed by atoms with Crippen LogP contribution in [-0.4, -0.2) is 39.3 Å². The Bertz CT molecular complexity index is 621. The molecule has 1 heterocycles. The number of guanidine groups is 1. The van der Waals surface area contributed by atoms with Crippen LogP contribution in [0.25, 0.3) is 0 Å². The molecule has 0 saturated heterocycles. The molecule has 0 amide bonds. The molecule has 0 fully saturated rings. The van der Waals surface area contributed by atoms with Crippen LogP contribution in [-0.2, 0) is 11.3 Å². The van der Waals surface area contributed by atoms with Gasteiger partial charge in [0.1, 0.15) is 24.7 Å². The van der Waals surface area contributed by atoms with Gasteiger partial charge >= 0.3 is 0 Å². The molecule has 2 aromatic rings. The molecular weight excluding hydrogens is 469 g/mol. The van der Waals surface area contributed by atoms with Crippen LogP contribution < -0.4 is 15.4 Å². The molecule has 144 valence electrons. The topological polar surface area (TPSA) is 68.0 Å². The summed E-state index contributed by atoms with van der Waals surface area (Å²) in [5.41, 5.74) is 0. The Hall–Kier alpha value is -1.45. The third-order valence-corrected chi connectivity index (χ3v) is 3.53. The maximum absolute atomic E-state index is 5.83. The van der Waals surface area contributed by atoms with Crippen LogP contribution in [0.3, 0.4) is 0 Å². The summed E-state index contributed by atoms with van der Waals surface area (Å²) in [6, 6.07) is 11.1. The second kappa shape index (κ2) is 13.7. The molecule has 26 heavy (non-hydrogen) atoms. The summed E-state index contributed by atoms with van der Waals surface area (Å²) in [7, 11) is 1.74. The van der Waals surface area contributed by atoms with Gasteiger partial charge in [-0.2, -0.15) is 0 Å². The lowest BCUT2D eigenvalue weighted by Crippen LogP contribution is -2.39. The lowest BCUT2D eigenvalue weighted by Gasteiger charge is -2.12. The summed E-state index contributed by atoms with van der Waals surface area (Å²) in [4.78, 5) is 4.17. The minimum atomic E-state index is 0. The quantitative estimate of drug-likeness (QED) is 0.229.